The molecule has 0 aliphatic rings. The summed E-state index contributed by atoms with van der Waals surface area (Å²) < 4.78 is 16.2. The van der Waals surface area contributed by atoms with Gasteiger partial charge in [0.05, 0.1) is 12.1 Å². The summed E-state index contributed by atoms with van der Waals surface area (Å²) in [4.78, 5) is 27.9. The van der Waals surface area contributed by atoms with E-state index in [0.29, 0.717) is 5.69 Å². The first-order chi connectivity index (χ1) is 13.0. The summed E-state index contributed by atoms with van der Waals surface area (Å²) in [5, 5.41) is 8.97. The molecule has 1 heterocycles. The van der Waals surface area contributed by atoms with Crippen LogP contribution in [0.1, 0.15) is 5.56 Å². The molecule has 0 unspecified atom stereocenters. The van der Waals surface area contributed by atoms with Crippen molar-refractivity contribution >= 4 is 39.1 Å². The van der Waals surface area contributed by atoms with Crippen molar-refractivity contribution in [2.24, 2.45) is 0 Å². The van der Waals surface area contributed by atoms with E-state index in [1.165, 1.54) is 35.5 Å². The van der Waals surface area contributed by atoms with Crippen LogP contribution < -0.4 is 10.6 Å². The Hall–Kier alpha value is -3.07. The van der Waals surface area contributed by atoms with E-state index in [-0.39, 0.29) is 24.6 Å². The number of nitrogens with one attached hydrogen (secondary N) is 2. The molecule has 0 aliphatic carbocycles. The van der Waals surface area contributed by atoms with E-state index in [9.17, 15) is 14.0 Å². The molecular weight excluding hydrogens is 417 g/mol. The fraction of sp³-hybridized carbons (Fsp3) is 0.111. The van der Waals surface area contributed by atoms with E-state index >= 15 is 0 Å². The van der Waals surface area contributed by atoms with E-state index in [1.54, 1.807) is 0 Å². The maximum atomic E-state index is 14.0. The van der Waals surface area contributed by atoms with Crippen LogP contribution in [-0.4, -0.2) is 26.6 Å². The highest BCUT2D eigenvalue weighted by Crippen LogP contribution is 2.20. The molecule has 3 aromatic rings. The van der Waals surface area contributed by atoms with E-state index in [4.69, 9.17) is 0 Å². The lowest BCUT2D eigenvalue weighted by atomic mass is 10.1. The lowest BCUT2D eigenvalue weighted by Gasteiger charge is -2.10. The standard InChI is InChI=1S/C18H15BrFN5O2/c19-13-3-1-12(2-4-13)7-17(26)23-14-5-6-15(20)16(8-14)24-18(27)9-25-11-21-10-22-25/h1-6,8,10-11H,7,9H2,(H,23,26)(H,24,27). The van der Waals surface area contributed by atoms with E-state index < -0.39 is 11.7 Å². The molecule has 3 rings (SSSR count). The second kappa shape index (κ2) is 8.54. The molecule has 7 nitrogen and oxygen atoms in total. The van der Waals surface area contributed by atoms with Crippen molar-refractivity contribution in [1.82, 2.24) is 14.8 Å². The van der Waals surface area contributed by atoms with Gasteiger partial charge in [0.15, 0.2) is 0 Å². The van der Waals surface area contributed by atoms with Gasteiger partial charge in [0.2, 0.25) is 11.8 Å². The minimum atomic E-state index is -0.604. The molecule has 27 heavy (non-hydrogen) atoms. The quantitative estimate of drug-likeness (QED) is 0.627. The molecule has 0 saturated heterocycles. The zero-order chi connectivity index (χ0) is 19.2. The smallest absolute Gasteiger partial charge is 0.246 e. The summed E-state index contributed by atoms with van der Waals surface area (Å²) in [6.07, 6.45) is 2.86. The third kappa shape index (κ3) is 5.45. The fourth-order valence-electron chi connectivity index (χ4n) is 2.34. The average Bonchev–Trinajstić information content (AvgIpc) is 3.12. The minimum Gasteiger partial charge on any atom is -0.326 e. The molecule has 2 amide bonds. The predicted octanol–water partition coefficient (Wildman–Crippen LogP) is 3.00. The first-order valence-electron chi connectivity index (χ1n) is 7.96. The van der Waals surface area contributed by atoms with Gasteiger partial charge in [-0.2, -0.15) is 5.10 Å². The Morgan fingerprint density at radius 3 is 2.56 bits per heavy atom. The number of rotatable bonds is 6. The van der Waals surface area contributed by atoms with E-state index in [2.05, 4.69) is 36.6 Å². The number of hydrogen-bond acceptors (Lipinski definition) is 4. The second-order valence-corrected chi connectivity index (χ2v) is 6.60. The van der Waals surface area contributed by atoms with Crippen LogP contribution in [0.4, 0.5) is 15.8 Å². The highest BCUT2D eigenvalue weighted by atomic mass is 79.9. The number of amides is 2. The van der Waals surface area contributed by atoms with Crippen molar-refractivity contribution in [1.29, 1.82) is 0 Å². The Kier molecular flexibility index (Phi) is 5.92. The normalized spacial score (nSPS) is 10.4. The first kappa shape index (κ1) is 18.7. The van der Waals surface area contributed by atoms with Crippen LogP contribution in [0.15, 0.2) is 59.6 Å². The lowest BCUT2D eigenvalue weighted by molar-refractivity contribution is -0.117. The van der Waals surface area contributed by atoms with Crippen LogP contribution in [0, 0.1) is 5.82 Å². The van der Waals surface area contributed by atoms with Crippen molar-refractivity contribution in [3.8, 4) is 0 Å². The predicted molar refractivity (Wildman–Crippen MR) is 102 cm³/mol. The highest BCUT2D eigenvalue weighted by Gasteiger charge is 2.11. The highest BCUT2D eigenvalue weighted by molar-refractivity contribution is 9.10. The number of benzene rings is 2. The Bertz CT molecular complexity index is 945. The van der Waals surface area contributed by atoms with Gasteiger partial charge in [-0.1, -0.05) is 28.1 Å². The van der Waals surface area contributed by atoms with Crippen molar-refractivity contribution in [2.45, 2.75) is 13.0 Å². The van der Waals surface area contributed by atoms with Gasteiger partial charge in [-0.3, -0.25) is 9.59 Å². The third-order valence-electron chi connectivity index (χ3n) is 3.57. The Morgan fingerprint density at radius 2 is 1.85 bits per heavy atom. The monoisotopic (exact) mass is 431 g/mol. The molecule has 0 fully saturated rings. The number of nitrogens with zero attached hydrogens (tertiary/aromatic N) is 3. The summed E-state index contributed by atoms with van der Waals surface area (Å²) in [6.45, 7) is -0.0976. The van der Waals surface area contributed by atoms with Crippen LogP contribution in [0.5, 0.6) is 0 Å². The van der Waals surface area contributed by atoms with Crippen LogP contribution >= 0.6 is 15.9 Å². The molecule has 2 aromatic carbocycles. The topological polar surface area (TPSA) is 88.9 Å². The van der Waals surface area contributed by atoms with Crippen LogP contribution in [0.3, 0.4) is 0 Å². The SMILES string of the molecule is O=C(Cc1ccc(Br)cc1)Nc1ccc(F)c(NC(=O)Cn2cncn2)c1. The molecule has 9 heteroatoms. The number of halogens is 2. The summed E-state index contributed by atoms with van der Waals surface area (Å²) >= 11 is 3.34. The van der Waals surface area contributed by atoms with Crippen LogP contribution in [-0.2, 0) is 22.6 Å². The Labute approximate surface area is 162 Å². The fourth-order valence-corrected chi connectivity index (χ4v) is 2.61. The van der Waals surface area contributed by atoms with Gasteiger partial charge < -0.3 is 10.6 Å². The molecule has 0 saturated carbocycles. The molecular formula is C18H15BrFN5O2. The molecule has 2 N–H and O–H groups in total. The maximum Gasteiger partial charge on any atom is 0.246 e. The summed E-state index contributed by atoms with van der Waals surface area (Å²) in [5.74, 6) is -1.31. The minimum absolute atomic E-state index is 0.0263. The van der Waals surface area contributed by atoms with Crippen LogP contribution in [0.2, 0.25) is 0 Å². The van der Waals surface area contributed by atoms with Crippen LogP contribution in [0.25, 0.3) is 0 Å². The number of carbonyl (C=O) groups excluding carboxylic acids is 2. The van der Waals surface area contributed by atoms with Crippen molar-refractivity contribution in [2.75, 3.05) is 10.6 Å². The summed E-state index contributed by atoms with van der Waals surface area (Å²) in [6, 6.07) is 11.4. The molecule has 0 radical (unpaired) electrons. The van der Waals surface area contributed by atoms with Gasteiger partial charge in [-0.05, 0) is 35.9 Å². The second-order valence-electron chi connectivity index (χ2n) is 5.69. The molecule has 138 valence electrons. The third-order valence-corrected chi connectivity index (χ3v) is 4.10. The Balaban J connectivity index is 1.62. The molecule has 0 spiro atoms. The van der Waals surface area contributed by atoms with Crippen molar-refractivity contribution in [3.05, 3.63) is 71.0 Å². The molecule has 0 aliphatic heterocycles. The molecule has 1 aromatic heterocycles. The average molecular weight is 432 g/mol. The summed E-state index contributed by atoms with van der Waals surface area (Å²) in [5.41, 5.74) is 1.20. The number of hydrogen-bond donors (Lipinski definition) is 2. The van der Waals surface area contributed by atoms with Gasteiger partial charge in [0, 0.05) is 10.2 Å². The van der Waals surface area contributed by atoms with Crippen molar-refractivity contribution in [3.63, 3.8) is 0 Å². The van der Waals surface area contributed by atoms with E-state index in [0.717, 1.165) is 10.0 Å². The van der Waals surface area contributed by atoms with Gasteiger partial charge >= 0.3 is 0 Å². The van der Waals surface area contributed by atoms with Gasteiger partial charge in [-0.15, -0.1) is 0 Å². The number of carbonyl (C=O) groups is 2. The largest absolute Gasteiger partial charge is 0.326 e. The van der Waals surface area contributed by atoms with Gasteiger partial charge in [0.1, 0.15) is 25.0 Å². The Morgan fingerprint density at radius 1 is 1.07 bits per heavy atom. The molecule has 0 bridgehead atoms. The van der Waals surface area contributed by atoms with E-state index in [1.807, 2.05) is 24.3 Å². The lowest BCUT2D eigenvalue weighted by Crippen LogP contribution is -2.20. The number of aromatic nitrogens is 3. The zero-order valence-electron chi connectivity index (χ0n) is 14.0. The first-order valence-corrected chi connectivity index (χ1v) is 8.75. The zero-order valence-corrected chi connectivity index (χ0v) is 15.6. The van der Waals surface area contributed by atoms with Crippen molar-refractivity contribution < 1.29 is 14.0 Å². The van der Waals surface area contributed by atoms with Gasteiger partial charge in [0.25, 0.3) is 0 Å². The van der Waals surface area contributed by atoms with Gasteiger partial charge in [-0.25, -0.2) is 14.1 Å². The number of anilines is 2. The summed E-state index contributed by atoms with van der Waals surface area (Å²) in [7, 11) is 0. The molecule has 0 atom stereocenters. The maximum absolute atomic E-state index is 14.0.